The number of pyridine rings is 1. The number of benzene rings is 1. The van der Waals surface area contributed by atoms with Crippen molar-refractivity contribution in [1.29, 1.82) is 0 Å². The zero-order valence-electron chi connectivity index (χ0n) is 16.8. The standard InChI is InChI=1S/C22H20N6O3/c1-14-6-7-18(25-13-14)26-20-9-8-19(27-28-20)23-10-11-24-21(29)16-12-15-4-2-3-5-17(15)31-22(16)30/h2-9,12-13H,10-11H2,1H3,(H,23,27)(H,24,29)(H,25,26,28). The maximum Gasteiger partial charge on any atom is 0.349 e. The molecule has 3 aromatic heterocycles. The van der Waals surface area contributed by atoms with Crippen molar-refractivity contribution >= 4 is 34.3 Å². The van der Waals surface area contributed by atoms with Crippen molar-refractivity contribution in [1.82, 2.24) is 20.5 Å². The number of carbonyl (C=O) groups excluding carboxylic acids is 1. The molecule has 0 aliphatic rings. The van der Waals surface area contributed by atoms with E-state index in [0.717, 1.165) is 5.56 Å². The van der Waals surface area contributed by atoms with E-state index >= 15 is 0 Å². The highest BCUT2D eigenvalue weighted by Crippen LogP contribution is 2.13. The van der Waals surface area contributed by atoms with Gasteiger partial charge in [0.1, 0.15) is 22.8 Å². The second-order valence-electron chi connectivity index (χ2n) is 6.82. The summed E-state index contributed by atoms with van der Waals surface area (Å²) in [6, 6.07) is 15.9. The third-order valence-electron chi connectivity index (χ3n) is 4.43. The number of nitrogens with one attached hydrogen (secondary N) is 3. The third-order valence-corrected chi connectivity index (χ3v) is 4.43. The molecule has 0 fully saturated rings. The lowest BCUT2D eigenvalue weighted by Gasteiger charge is -2.08. The summed E-state index contributed by atoms with van der Waals surface area (Å²) in [6.07, 6.45) is 1.77. The average molecular weight is 416 g/mol. The molecule has 156 valence electrons. The van der Waals surface area contributed by atoms with Gasteiger partial charge in [0, 0.05) is 24.7 Å². The highest BCUT2D eigenvalue weighted by molar-refractivity contribution is 5.96. The summed E-state index contributed by atoms with van der Waals surface area (Å²) in [6.45, 7) is 2.67. The molecule has 3 heterocycles. The van der Waals surface area contributed by atoms with Crippen molar-refractivity contribution in [3.8, 4) is 0 Å². The summed E-state index contributed by atoms with van der Waals surface area (Å²) in [5, 5.41) is 17.7. The molecule has 0 saturated heterocycles. The van der Waals surface area contributed by atoms with Gasteiger partial charge in [0.2, 0.25) is 0 Å². The normalized spacial score (nSPS) is 10.6. The Morgan fingerprint density at radius 3 is 2.52 bits per heavy atom. The number of para-hydroxylation sites is 1. The van der Waals surface area contributed by atoms with E-state index in [1.807, 2.05) is 25.1 Å². The van der Waals surface area contributed by atoms with Crippen LogP contribution in [0.4, 0.5) is 17.5 Å². The molecule has 9 heteroatoms. The molecule has 31 heavy (non-hydrogen) atoms. The SMILES string of the molecule is Cc1ccc(Nc2ccc(NCCNC(=O)c3cc4ccccc4oc3=O)nn2)nc1. The molecule has 0 saturated carbocycles. The topological polar surface area (TPSA) is 122 Å². The smallest absolute Gasteiger partial charge is 0.349 e. The number of fused-ring (bicyclic) bond motifs is 1. The minimum Gasteiger partial charge on any atom is -0.422 e. The van der Waals surface area contributed by atoms with Gasteiger partial charge in [-0.2, -0.15) is 0 Å². The number of aromatic nitrogens is 3. The van der Waals surface area contributed by atoms with Gasteiger partial charge in [-0.3, -0.25) is 4.79 Å². The van der Waals surface area contributed by atoms with Crippen molar-refractivity contribution in [2.75, 3.05) is 23.7 Å². The number of hydrogen-bond acceptors (Lipinski definition) is 8. The summed E-state index contributed by atoms with van der Waals surface area (Å²) in [5.74, 6) is 1.32. The van der Waals surface area contributed by atoms with Gasteiger partial charge < -0.3 is 20.4 Å². The highest BCUT2D eigenvalue weighted by atomic mass is 16.4. The van der Waals surface area contributed by atoms with Gasteiger partial charge in [-0.1, -0.05) is 24.3 Å². The predicted molar refractivity (Wildman–Crippen MR) is 118 cm³/mol. The number of carbonyl (C=O) groups is 1. The van der Waals surface area contributed by atoms with Crippen LogP contribution < -0.4 is 21.6 Å². The number of amides is 1. The van der Waals surface area contributed by atoms with Crippen LogP contribution in [0.1, 0.15) is 15.9 Å². The Hall–Kier alpha value is -4.27. The first-order valence-corrected chi connectivity index (χ1v) is 9.67. The summed E-state index contributed by atoms with van der Waals surface area (Å²) in [7, 11) is 0. The summed E-state index contributed by atoms with van der Waals surface area (Å²) < 4.78 is 5.19. The van der Waals surface area contributed by atoms with Crippen LogP contribution in [0.25, 0.3) is 11.0 Å². The zero-order chi connectivity index (χ0) is 21.6. The molecule has 1 amide bonds. The number of aryl methyl sites for hydroxylation is 1. The lowest BCUT2D eigenvalue weighted by Crippen LogP contribution is -2.32. The van der Waals surface area contributed by atoms with Crippen molar-refractivity contribution in [2.45, 2.75) is 6.92 Å². The quantitative estimate of drug-likeness (QED) is 0.311. The summed E-state index contributed by atoms with van der Waals surface area (Å²) in [4.78, 5) is 28.6. The maximum absolute atomic E-state index is 12.3. The Labute approximate surface area is 177 Å². The first-order chi connectivity index (χ1) is 15.1. The van der Waals surface area contributed by atoms with Crippen molar-refractivity contribution in [3.63, 3.8) is 0 Å². The number of nitrogens with zero attached hydrogens (tertiary/aromatic N) is 3. The van der Waals surface area contributed by atoms with Gasteiger partial charge >= 0.3 is 5.63 Å². The lowest BCUT2D eigenvalue weighted by molar-refractivity contribution is 0.0951. The number of anilines is 3. The molecule has 4 rings (SSSR count). The van der Waals surface area contributed by atoms with Gasteiger partial charge in [-0.25, -0.2) is 9.78 Å². The van der Waals surface area contributed by atoms with Crippen LogP contribution in [0.15, 0.2) is 70.0 Å². The van der Waals surface area contributed by atoms with E-state index < -0.39 is 11.5 Å². The Morgan fingerprint density at radius 1 is 0.968 bits per heavy atom. The average Bonchev–Trinajstić information content (AvgIpc) is 2.78. The minimum absolute atomic E-state index is 0.0290. The van der Waals surface area contributed by atoms with Crippen molar-refractivity contribution in [3.05, 3.63) is 82.3 Å². The molecule has 9 nitrogen and oxygen atoms in total. The van der Waals surface area contributed by atoms with Gasteiger partial charge in [-0.15, -0.1) is 10.2 Å². The Balaban J connectivity index is 1.27. The molecule has 0 bridgehead atoms. The van der Waals surface area contributed by atoms with E-state index in [-0.39, 0.29) is 5.56 Å². The molecular formula is C22H20N6O3. The molecule has 0 aliphatic heterocycles. The van der Waals surface area contributed by atoms with Gasteiger partial charge in [0.25, 0.3) is 5.91 Å². The predicted octanol–water partition coefficient (Wildman–Crippen LogP) is 2.87. The Morgan fingerprint density at radius 2 is 1.74 bits per heavy atom. The van der Waals surface area contributed by atoms with Crippen LogP contribution in [0.2, 0.25) is 0 Å². The molecule has 0 spiro atoms. The number of hydrogen-bond donors (Lipinski definition) is 3. The Kier molecular flexibility index (Phi) is 5.84. The van der Waals surface area contributed by atoms with E-state index in [4.69, 9.17) is 4.42 Å². The number of rotatable bonds is 7. The van der Waals surface area contributed by atoms with E-state index in [2.05, 4.69) is 31.1 Å². The minimum atomic E-state index is -0.666. The summed E-state index contributed by atoms with van der Waals surface area (Å²) >= 11 is 0. The van der Waals surface area contributed by atoms with Crippen LogP contribution in [-0.2, 0) is 0 Å². The largest absolute Gasteiger partial charge is 0.422 e. The maximum atomic E-state index is 12.3. The van der Waals surface area contributed by atoms with Crippen LogP contribution in [0.3, 0.4) is 0 Å². The highest BCUT2D eigenvalue weighted by Gasteiger charge is 2.13. The molecule has 1 aromatic carbocycles. The van der Waals surface area contributed by atoms with E-state index in [0.29, 0.717) is 41.5 Å². The Bertz CT molecular complexity index is 1250. The van der Waals surface area contributed by atoms with E-state index in [1.165, 1.54) is 6.07 Å². The van der Waals surface area contributed by atoms with E-state index in [9.17, 15) is 9.59 Å². The lowest BCUT2D eigenvalue weighted by atomic mass is 10.2. The van der Waals surface area contributed by atoms with Gasteiger partial charge in [0.05, 0.1) is 0 Å². The fourth-order valence-electron chi connectivity index (χ4n) is 2.85. The molecule has 0 radical (unpaired) electrons. The fourth-order valence-corrected chi connectivity index (χ4v) is 2.85. The molecule has 0 aliphatic carbocycles. The van der Waals surface area contributed by atoms with E-state index in [1.54, 1.807) is 36.5 Å². The summed E-state index contributed by atoms with van der Waals surface area (Å²) in [5.41, 5.74) is 0.824. The zero-order valence-corrected chi connectivity index (χ0v) is 16.8. The van der Waals surface area contributed by atoms with Crippen LogP contribution >= 0.6 is 0 Å². The monoisotopic (exact) mass is 416 g/mol. The molecule has 4 aromatic rings. The van der Waals surface area contributed by atoms with Crippen LogP contribution in [0, 0.1) is 6.92 Å². The molecular weight excluding hydrogens is 396 g/mol. The first kappa shape index (κ1) is 20.0. The third kappa shape index (κ3) is 5.02. The first-order valence-electron chi connectivity index (χ1n) is 9.67. The fraction of sp³-hybridized carbons (Fsp3) is 0.136. The molecule has 0 atom stereocenters. The second-order valence-corrected chi connectivity index (χ2v) is 6.82. The van der Waals surface area contributed by atoms with Crippen LogP contribution in [-0.4, -0.2) is 34.2 Å². The van der Waals surface area contributed by atoms with Crippen LogP contribution in [0.5, 0.6) is 0 Å². The van der Waals surface area contributed by atoms with Crippen molar-refractivity contribution < 1.29 is 9.21 Å². The van der Waals surface area contributed by atoms with Crippen molar-refractivity contribution in [2.24, 2.45) is 0 Å². The van der Waals surface area contributed by atoms with Gasteiger partial charge in [-0.05, 0) is 42.8 Å². The molecule has 0 unspecified atom stereocenters. The second kappa shape index (κ2) is 9.04. The molecule has 3 N–H and O–H groups in total. The van der Waals surface area contributed by atoms with Gasteiger partial charge in [0.15, 0.2) is 5.82 Å².